The predicted octanol–water partition coefficient (Wildman–Crippen LogP) is 2.45. The Morgan fingerprint density at radius 1 is 1.30 bits per heavy atom. The summed E-state index contributed by atoms with van der Waals surface area (Å²) in [5.74, 6) is 8.79. The summed E-state index contributed by atoms with van der Waals surface area (Å²) in [5, 5.41) is 15.0. The van der Waals surface area contributed by atoms with Gasteiger partial charge in [-0.15, -0.1) is 0 Å². The first-order valence-corrected chi connectivity index (χ1v) is 11.4. The van der Waals surface area contributed by atoms with Crippen molar-refractivity contribution in [2.75, 3.05) is 20.8 Å². The smallest absolute Gasteiger partial charge is 0.159 e. The number of aliphatic hydroxyl groups excluding tert-OH is 1. The predicted molar refractivity (Wildman–Crippen MR) is 118 cm³/mol. The zero-order valence-corrected chi connectivity index (χ0v) is 18.8. The minimum Gasteiger partial charge on any atom is -0.393 e. The monoisotopic (exact) mass is 420 g/mol. The van der Waals surface area contributed by atoms with Crippen molar-refractivity contribution in [2.24, 2.45) is 51.7 Å². The third kappa shape index (κ3) is 4.43. The van der Waals surface area contributed by atoms with Gasteiger partial charge in [-0.05, 0) is 80.5 Å². The lowest BCUT2D eigenvalue weighted by Gasteiger charge is -2.53. The largest absolute Gasteiger partial charge is 0.393 e. The van der Waals surface area contributed by atoms with E-state index in [1.807, 2.05) is 0 Å². The van der Waals surface area contributed by atoms with E-state index in [0.717, 1.165) is 62.3 Å². The molecule has 4 aliphatic rings. The van der Waals surface area contributed by atoms with Crippen molar-refractivity contribution in [3.63, 3.8) is 0 Å². The molecule has 0 aliphatic heterocycles. The van der Waals surface area contributed by atoms with Crippen LogP contribution in [0.1, 0.15) is 58.3 Å². The number of methoxy groups -OCH3 is 1. The average Bonchev–Trinajstić information content (AvgIpc) is 3.05. The summed E-state index contributed by atoms with van der Waals surface area (Å²) in [6, 6.07) is 0. The lowest BCUT2D eigenvalue weighted by Crippen LogP contribution is -2.48. The van der Waals surface area contributed by atoms with Crippen LogP contribution in [0.3, 0.4) is 0 Å². The molecule has 0 spiro atoms. The van der Waals surface area contributed by atoms with E-state index >= 15 is 0 Å². The van der Waals surface area contributed by atoms with Gasteiger partial charge in [-0.2, -0.15) is 5.10 Å². The Bertz CT molecular complexity index is 667. The van der Waals surface area contributed by atoms with E-state index in [-0.39, 0.29) is 29.8 Å². The number of allylic oxidation sites excluding steroid dienone is 1. The topological polar surface area (TPSA) is 114 Å². The summed E-state index contributed by atoms with van der Waals surface area (Å²) >= 11 is 0. The van der Waals surface area contributed by atoms with Crippen molar-refractivity contribution in [3.05, 3.63) is 11.6 Å². The van der Waals surface area contributed by atoms with Crippen LogP contribution in [0.2, 0.25) is 0 Å². The molecule has 0 heterocycles. The second-order valence-electron chi connectivity index (χ2n) is 9.90. The van der Waals surface area contributed by atoms with Crippen molar-refractivity contribution < 1.29 is 14.6 Å². The standard InChI is InChI=1S/C21H34N4O2.C2H6O/c1-21-9-8-16-15-5-3-14(26)10-13(15)2-4-17(16)18(21)6-7-19(21)20(27)11-25(23)24-12-22;1-3-2/h2,12,14-19,26H,3-11,23H2,1H3,(H2,22,24);1-2H3. The number of hydrazine groups is 1. The molecule has 0 aromatic heterocycles. The van der Waals surface area contributed by atoms with Crippen LogP contribution in [0.4, 0.5) is 0 Å². The third-order valence-electron chi connectivity index (χ3n) is 8.34. The van der Waals surface area contributed by atoms with E-state index in [9.17, 15) is 9.90 Å². The summed E-state index contributed by atoms with van der Waals surface area (Å²) in [7, 11) is 3.25. The highest BCUT2D eigenvalue weighted by Crippen LogP contribution is 2.63. The summed E-state index contributed by atoms with van der Waals surface area (Å²) in [6.07, 6.45) is 12.0. The van der Waals surface area contributed by atoms with Crippen LogP contribution in [0.15, 0.2) is 16.8 Å². The zero-order chi connectivity index (χ0) is 21.9. The molecular weight excluding hydrogens is 380 g/mol. The van der Waals surface area contributed by atoms with Crippen molar-refractivity contribution in [2.45, 2.75) is 64.4 Å². The number of carbonyl (C=O) groups excluding carboxylic acids is 1. The second kappa shape index (κ2) is 9.79. The molecule has 4 rings (SSSR count). The van der Waals surface area contributed by atoms with Crippen LogP contribution in [0.25, 0.3) is 0 Å². The first-order valence-electron chi connectivity index (χ1n) is 11.4. The fraction of sp³-hybridized carbons (Fsp3) is 0.826. The Hall–Kier alpha value is -1.44. The maximum Gasteiger partial charge on any atom is 0.159 e. The molecule has 0 bridgehead atoms. The molecule has 0 aromatic carbocycles. The summed E-state index contributed by atoms with van der Waals surface area (Å²) < 4.78 is 4.25. The highest BCUT2D eigenvalue weighted by atomic mass is 16.4. The van der Waals surface area contributed by atoms with E-state index in [4.69, 9.17) is 11.6 Å². The number of aliphatic hydroxyl groups is 1. The molecule has 0 aromatic rings. The van der Waals surface area contributed by atoms with Gasteiger partial charge in [-0.25, -0.2) is 11.0 Å². The normalized spacial score (nSPS) is 39.8. The summed E-state index contributed by atoms with van der Waals surface area (Å²) in [4.78, 5) is 12.9. The lowest BCUT2D eigenvalue weighted by atomic mass is 9.51. The molecule has 5 N–H and O–H groups in total. The molecule has 4 aliphatic carbocycles. The zero-order valence-electron chi connectivity index (χ0n) is 18.8. The molecular formula is C23H40N4O3. The van der Waals surface area contributed by atoms with Gasteiger partial charge in [-0.3, -0.25) is 4.79 Å². The Labute approximate surface area is 180 Å². The Morgan fingerprint density at radius 2 is 2.03 bits per heavy atom. The maximum atomic E-state index is 12.9. The molecule has 7 atom stereocenters. The van der Waals surface area contributed by atoms with E-state index in [2.05, 4.69) is 22.8 Å². The van der Waals surface area contributed by atoms with Crippen LogP contribution in [-0.2, 0) is 9.53 Å². The minimum absolute atomic E-state index is 0.0843. The number of ketones is 1. The van der Waals surface area contributed by atoms with Gasteiger partial charge < -0.3 is 15.6 Å². The molecule has 3 fully saturated rings. The van der Waals surface area contributed by atoms with Crippen molar-refractivity contribution in [1.82, 2.24) is 5.12 Å². The van der Waals surface area contributed by atoms with Crippen molar-refractivity contribution in [1.29, 1.82) is 0 Å². The molecule has 0 amide bonds. The number of hydrogen-bond donors (Lipinski definition) is 3. The quantitative estimate of drug-likeness (QED) is 0.212. The molecule has 170 valence electrons. The Morgan fingerprint density at radius 3 is 2.73 bits per heavy atom. The van der Waals surface area contributed by atoms with Crippen LogP contribution in [0.5, 0.6) is 0 Å². The minimum atomic E-state index is -0.137. The Balaban J connectivity index is 0.000000806. The van der Waals surface area contributed by atoms with Gasteiger partial charge in [0.1, 0.15) is 12.9 Å². The van der Waals surface area contributed by atoms with Gasteiger partial charge in [0.2, 0.25) is 0 Å². The number of fused-ring (bicyclic) bond motifs is 5. The molecule has 0 radical (unpaired) electrons. The Kier molecular flexibility index (Phi) is 7.58. The van der Waals surface area contributed by atoms with E-state index < -0.39 is 0 Å². The number of ether oxygens (including phenoxy) is 1. The molecule has 7 unspecified atom stereocenters. The molecule has 3 saturated carbocycles. The highest BCUT2D eigenvalue weighted by molar-refractivity contribution is 5.84. The second-order valence-corrected chi connectivity index (χ2v) is 9.90. The number of carbonyl (C=O) groups is 1. The fourth-order valence-corrected chi connectivity index (χ4v) is 7.17. The number of hydrazone groups is 1. The highest BCUT2D eigenvalue weighted by Gasteiger charge is 2.57. The number of Topliss-reactive ketones (excluding diaryl/α,β-unsaturated/α-hetero) is 1. The number of rotatable bonds is 4. The lowest BCUT2D eigenvalue weighted by molar-refractivity contribution is -0.130. The first-order chi connectivity index (χ1) is 14.3. The first kappa shape index (κ1) is 23.2. The van der Waals surface area contributed by atoms with Gasteiger partial charge in [0.15, 0.2) is 5.78 Å². The van der Waals surface area contributed by atoms with Crippen LogP contribution in [0, 0.1) is 35.0 Å². The third-order valence-corrected chi connectivity index (χ3v) is 8.34. The van der Waals surface area contributed by atoms with Gasteiger partial charge in [0.25, 0.3) is 0 Å². The van der Waals surface area contributed by atoms with Gasteiger partial charge in [0, 0.05) is 20.1 Å². The van der Waals surface area contributed by atoms with E-state index in [1.165, 1.54) is 12.0 Å². The van der Waals surface area contributed by atoms with Crippen LogP contribution in [-0.4, -0.2) is 49.2 Å². The number of nitrogens with zero attached hydrogens (tertiary/aromatic N) is 2. The molecule has 0 saturated heterocycles. The van der Waals surface area contributed by atoms with E-state index in [1.54, 1.807) is 14.2 Å². The van der Waals surface area contributed by atoms with E-state index in [0.29, 0.717) is 17.8 Å². The molecule has 7 heteroatoms. The summed E-state index contributed by atoms with van der Waals surface area (Å²) in [5.41, 5.74) is 6.89. The van der Waals surface area contributed by atoms with Crippen molar-refractivity contribution in [3.8, 4) is 0 Å². The van der Waals surface area contributed by atoms with Crippen LogP contribution >= 0.6 is 0 Å². The SMILES string of the molecule is CC12CCC3C4CCC(O)CC4=CCC3C1CCC2C(=O)CN(N)/N=C\N.COC. The van der Waals surface area contributed by atoms with Crippen LogP contribution < -0.4 is 11.6 Å². The summed E-state index contributed by atoms with van der Waals surface area (Å²) in [6.45, 7) is 2.49. The average molecular weight is 421 g/mol. The van der Waals surface area contributed by atoms with Gasteiger partial charge >= 0.3 is 0 Å². The number of nitrogens with two attached hydrogens (primary N) is 2. The van der Waals surface area contributed by atoms with Gasteiger partial charge in [0.05, 0.1) is 6.10 Å². The fourth-order valence-electron chi connectivity index (χ4n) is 7.17. The maximum absolute atomic E-state index is 12.9. The van der Waals surface area contributed by atoms with Gasteiger partial charge in [-0.1, -0.05) is 18.6 Å². The number of hydrogen-bond acceptors (Lipinski definition) is 6. The molecule has 30 heavy (non-hydrogen) atoms. The van der Waals surface area contributed by atoms with Crippen molar-refractivity contribution >= 4 is 12.1 Å². The molecule has 7 nitrogen and oxygen atoms in total.